The van der Waals surface area contributed by atoms with Crippen molar-refractivity contribution in [2.45, 2.75) is 29.9 Å². The predicted octanol–water partition coefficient (Wildman–Crippen LogP) is 3.99. The van der Waals surface area contributed by atoms with Crippen LogP contribution in [0.2, 0.25) is 0 Å². The van der Waals surface area contributed by atoms with E-state index >= 15 is 0 Å². The van der Waals surface area contributed by atoms with Gasteiger partial charge in [-0.2, -0.15) is 0 Å². The SMILES string of the molecule is CC(=O)[C@@H]1C[C@]2(C)S[C@@]1(c1ccccc1)C(=O)N2c1ccccc1. The Kier molecular flexibility index (Phi) is 3.36. The maximum Gasteiger partial charge on any atom is 0.249 e. The largest absolute Gasteiger partial charge is 0.300 e. The topological polar surface area (TPSA) is 37.4 Å². The molecule has 0 aliphatic carbocycles. The molecule has 2 aromatic carbocycles. The van der Waals surface area contributed by atoms with Gasteiger partial charge in [0.1, 0.15) is 10.5 Å². The number of Topliss-reactive ketones (excluding diaryl/α,β-unsaturated/α-hetero) is 1. The minimum atomic E-state index is -0.808. The average molecular weight is 337 g/mol. The summed E-state index contributed by atoms with van der Waals surface area (Å²) < 4.78 is -0.808. The van der Waals surface area contributed by atoms with E-state index in [-0.39, 0.29) is 17.6 Å². The second-order valence-corrected chi connectivity index (χ2v) is 8.45. The molecule has 4 rings (SSSR count). The van der Waals surface area contributed by atoms with Gasteiger partial charge >= 0.3 is 0 Å². The number of ketones is 1. The molecule has 24 heavy (non-hydrogen) atoms. The first kappa shape index (κ1) is 15.5. The van der Waals surface area contributed by atoms with E-state index in [0.717, 1.165) is 11.3 Å². The van der Waals surface area contributed by atoms with Crippen molar-refractivity contribution in [1.82, 2.24) is 0 Å². The third-order valence-electron chi connectivity index (χ3n) is 5.16. The fourth-order valence-corrected chi connectivity index (χ4v) is 6.21. The van der Waals surface area contributed by atoms with Crippen molar-refractivity contribution in [2.24, 2.45) is 5.92 Å². The van der Waals surface area contributed by atoms with Crippen LogP contribution in [0.1, 0.15) is 25.8 Å². The number of amides is 1. The Morgan fingerprint density at radius 2 is 1.67 bits per heavy atom. The Hall–Kier alpha value is -2.07. The lowest BCUT2D eigenvalue weighted by Gasteiger charge is -2.39. The van der Waals surface area contributed by atoms with Gasteiger partial charge in [0.15, 0.2) is 0 Å². The third kappa shape index (κ3) is 1.92. The molecule has 2 fully saturated rings. The molecule has 0 unspecified atom stereocenters. The van der Waals surface area contributed by atoms with Crippen molar-refractivity contribution in [2.75, 3.05) is 4.90 Å². The fraction of sp³-hybridized carbons (Fsp3) is 0.300. The summed E-state index contributed by atoms with van der Waals surface area (Å²) >= 11 is 1.64. The second-order valence-electron chi connectivity index (χ2n) is 6.72. The normalized spacial score (nSPS) is 31.5. The van der Waals surface area contributed by atoms with Gasteiger partial charge in [-0.25, -0.2) is 0 Å². The summed E-state index contributed by atoms with van der Waals surface area (Å²) in [5.74, 6) is -0.155. The molecule has 2 saturated heterocycles. The van der Waals surface area contributed by atoms with Crippen LogP contribution in [0.3, 0.4) is 0 Å². The zero-order valence-electron chi connectivity index (χ0n) is 13.7. The van der Waals surface area contributed by atoms with Crippen LogP contribution in [0.4, 0.5) is 5.69 Å². The molecule has 3 nitrogen and oxygen atoms in total. The molecule has 2 aliphatic rings. The molecule has 3 atom stereocenters. The quantitative estimate of drug-likeness (QED) is 0.850. The summed E-state index contributed by atoms with van der Waals surface area (Å²) in [6.07, 6.45) is 0.683. The first-order valence-corrected chi connectivity index (χ1v) is 8.96. The molecule has 4 heteroatoms. The summed E-state index contributed by atoms with van der Waals surface area (Å²) in [6.45, 7) is 3.69. The second kappa shape index (κ2) is 5.21. The van der Waals surface area contributed by atoms with E-state index in [1.807, 2.05) is 65.6 Å². The molecule has 2 aliphatic heterocycles. The first-order chi connectivity index (χ1) is 11.5. The van der Waals surface area contributed by atoms with Crippen molar-refractivity contribution >= 4 is 29.1 Å². The predicted molar refractivity (Wildman–Crippen MR) is 96.8 cm³/mol. The maximum absolute atomic E-state index is 13.6. The van der Waals surface area contributed by atoms with Crippen LogP contribution in [-0.2, 0) is 14.3 Å². The van der Waals surface area contributed by atoms with Crippen molar-refractivity contribution in [3.8, 4) is 0 Å². The molecule has 2 bridgehead atoms. The van der Waals surface area contributed by atoms with Gasteiger partial charge in [0.05, 0.1) is 4.87 Å². The molecule has 2 aromatic rings. The van der Waals surface area contributed by atoms with Gasteiger partial charge in [0.25, 0.3) is 0 Å². The van der Waals surface area contributed by atoms with Gasteiger partial charge in [-0.15, -0.1) is 11.8 Å². The van der Waals surface area contributed by atoms with E-state index in [2.05, 4.69) is 6.92 Å². The smallest absolute Gasteiger partial charge is 0.249 e. The molecule has 0 aromatic heterocycles. The van der Waals surface area contributed by atoms with Gasteiger partial charge < -0.3 is 0 Å². The number of fused-ring (bicyclic) bond motifs is 2. The molecule has 2 heterocycles. The number of rotatable bonds is 3. The average Bonchev–Trinajstić information content (AvgIpc) is 3.03. The lowest BCUT2D eigenvalue weighted by atomic mass is 9.75. The number of hydrogen-bond donors (Lipinski definition) is 0. The van der Waals surface area contributed by atoms with E-state index in [4.69, 9.17) is 0 Å². The molecule has 0 N–H and O–H groups in total. The van der Waals surface area contributed by atoms with Crippen molar-refractivity contribution < 1.29 is 9.59 Å². The molecule has 0 radical (unpaired) electrons. The van der Waals surface area contributed by atoms with E-state index in [0.29, 0.717) is 6.42 Å². The number of para-hydroxylation sites is 1. The van der Waals surface area contributed by atoms with Gasteiger partial charge in [-0.1, -0.05) is 48.5 Å². The van der Waals surface area contributed by atoms with Crippen LogP contribution in [-0.4, -0.2) is 16.6 Å². The summed E-state index contributed by atoms with van der Waals surface area (Å²) in [7, 11) is 0. The van der Waals surface area contributed by atoms with Crippen LogP contribution >= 0.6 is 11.8 Å². The number of thioether (sulfide) groups is 1. The fourth-order valence-electron chi connectivity index (χ4n) is 4.16. The van der Waals surface area contributed by atoms with Gasteiger partial charge in [-0.05, 0) is 38.0 Å². The summed E-state index contributed by atoms with van der Waals surface area (Å²) in [6, 6.07) is 19.5. The van der Waals surface area contributed by atoms with E-state index in [1.165, 1.54) is 0 Å². The highest BCUT2D eigenvalue weighted by Crippen LogP contribution is 2.67. The zero-order valence-corrected chi connectivity index (χ0v) is 14.5. The molecule has 0 spiro atoms. The number of nitrogens with zero attached hydrogens (tertiary/aromatic N) is 1. The van der Waals surface area contributed by atoms with Gasteiger partial charge in [0, 0.05) is 11.6 Å². The Labute approximate surface area is 146 Å². The lowest BCUT2D eigenvalue weighted by Crippen LogP contribution is -2.53. The number of carbonyl (C=O) groups is 2. The lowest BCUT2D eigenvalue weighted by molar-refractivity contribution is -0.131. The summed E-state index contributed by atoms with van der Waals surface area (Å²) in [4.78, 5) is 27.4. The molecule has 0 saturated carbocycles. The van der Waals surface area contributed by atoms with Crippen LogP contribution in [0, 0.1) is 5.92 Å². The van der Waals surface area contributed by atoms with Crippen molar-refractivity contribution in [1.29, 1.82) is 0 Å². The van der Waals surface area contributed by atoms with Gasteiger partial charge in [0.2, 0.25) is 5.91 Å². The van der Waals surface area contributed by atoms with E-state index < -0.39 is 9.62 Å². The first-order valence-electron chi connectivity index (χ1n) is 8.15. The van der Waals surface area contributed by atoms with E-state index in [9.17, 15) is 9.59 Å². The monoisotopic (exact) mass is 337 g/mol. The van der Waals surface area contributed by atoms with Crippen LogP contribution in [0.15, 0.2) is 60.7 Å². The standard InChI is InChI=1S/C20H19NO2S/c1-14(22)17-13-19(2)21(16-11-7-4-8-12-16)18(23)20(17,24-19)15-9-5-3-6-10-15/h3-12,17H,13H2,1-2H3/t17-,19-,20+/m0/s1. The highest BCUT2D eigenvalue weighted by Gasteiger charge is 2.70. The number of benzene rings is 2. The van der Waals surface area contributed by atoms with Crippen molar-refractivity contribution in [3.63, 3.8) is 0 Å². The molecule has 122 valence electrons. The summed E-state index contributed by atoms with van der Waals surface area (Å²) in [5, 5.41) is 0. The minimum Gasteiger partial charge on any atom is -0.300 e. The van der Waals surface area contributed by atoms with Crippen LogP contribution < -0.4 is 4.90 Å². The number of hydrogen-bond acceptors (Lipinski definition) is 3. The number of piperidine rings is 1. The third-order valence-corrected chi connectivity index (χ3v) is 6.96. The number of anilines is 1. The summed E-state index contributed by atoms with van der Waals surface area (Å²) in [5.41, 5.74) is 1.83. The van der Waals surface area contributed by atoms with Gasteiger partial charge in [-0.3, -0.25) is 14.5 Å². The van der Waals surface area contributed by atoms with Crippen LogP contribution in [0.25, 0.3) is 0 Å². The highest BCUT2D eigenvalue weighted by atomic mass is 32.2. The Morgan fingerprint density at radius 1 is 1.08 bits per heavy atom. The number of carbonyl (C=O) groups excluding carboxylic acids is 2. The zero-order chi connectivity index (χ0) is 16.9. The highest BCUT2D eigenvalue weighted by molar-refractivity contribution is 8.03. The minimum absolute atomic E-state index is 0.0267. The Balaban J connectivity index is 1.90. The Bertz CT molecular complexity index is 807. The van der Waals surface area contributed by atoms with E-state index in [1.54, 1.807) is 18.7 Å². The van der Waals surface area contributed by atoms with Crippen LogP contribution in [0.5, 0.6) is 0 Å². The molecular formula is C20H19NO2S. The molecular weight excluding hydrogens is 318 g/mol. The van der Waals surface area contributed by atoms with Crippen molar-refractivity contribution in [3.05, 3.63) is 66.2 Å². The Morgan fingerprint density at radius 3 is 2.25 bits per heavy atom. The molecule has 1 amide bonds. The maximum atomic E-state index is 13.6.